The third-order valence-corrected chi connectivity index (χ3v) is 3.87. The summed E-state index contributed by atoms with van der Waals surface area (Å²) in [6, 6.07) is 8.09. The molecule has 0 fully saturated rings. The van der Waals surface area contributed by atoms with Crippen LogP contribution in [0, 0.1) is 0 Å². The quantitative estimate of drug-likeness (QED) is 0.630. The van der Waals surface area contributed by atoms with Crippen LogP contribution >= 0.6 is 23.1 Å². The van der Waals surface area contributed by atoms with Crippen LogP contribution in [0.25, 0.3) is 10.6 Å². The molecule has 5 heteroatoms. The molecule has 1 heterocycles. The molecular weight excluding hydrogens is 254 g/mol. The molecule has 0 atom stereocenters. The van der Waals surface area contributed by atoms with Crippen LogP contribution in [-0.2, 0) is 4.74 Å². The molecule has 0 unspecified atom stereocenters. The zero-order chi connectivity index (χ0) is 12.3. The van der Waals surface area contributed by atoms with E-state index in [0.717, 1.165) is 10.6 Å². The number of hydrogen-bond acceptors (Lipinski definition) is 5. The van der Waals surface area contributed by atoms with Crippen LogP contribution < -0.4 is 0 Å². The topological polar surface area (TPSA) is 39.2 Å². The highest BCUT2D eigenvalue weighted by atomic mass is 32.2. The average Bonchev–Trinajstić information content (AvgIpc) is 2.87. The highest BCUT2D eigenvalue weighted by Crippen LogP contribution is 2.26. The first-order valence-electron chi connectivity index (χ1n) is 4.93. The lowest BCUT2D eigenvalue weighted by atomic mass is 10.2. The van der Waals surface area contributed by atoms with Crippen molar-refractivity contribution in [3.63, 3.8) is 0 Å². The van der Waals surface area contributed by atoms with Gasteiger partial charge in [-0.2, -0.15) is 0 Å². The van der Waals surface area contributed by atoms with Gasteiger partial charge in [-0.25, -0.2) is 9.78 Å². The number of methoxy groups -OCH3 is 1. The van der Waals surface area contributed by atoms with Gasteiger partial charge < -0.3 is 4.74 Å². The second-order valence-corrected chi connectivity index (χ2v) is 5.00. The van der Waals surface area contributed by atoms with Crippen molar-refractivity contribution in [2.45, 2.75) is 4.90 Å². The maximum Gasteiger partial charge on any atom is 0.357 e. The standard InChI is InChI=1S/C12H11NO2S2/c1-15-12(14)10-7-17-11(13-10)8-3-5-9(16-2)6-4-8/h3-7H,1-2H3. The van der Waals surface area contributed by atoms with E-state index in [1.165, 1.54) is 23.3 Å². The lowest BCUT2D eigenvalue weighted by Crippen LogP contribution is -2.00. The third-order valence-electron chi connectivity index (χ3n) is 2.24. The fourth-order valence-electron chi connectivity index (χ4n) is 1.34. The summed E-state index contributed by atoms with van der Waals surface area (Å²) in [6.45, 7) is 0. The maximum atomic E-state index is 11.3. The van der Waals surface area contributed by atoms with Crippen LogP contribution in [0.2, 0.25) is 0 Å². The van der Waals surface area contributed by atoms with Crippen molar-refractivity contribution >= 4 is 29.1 Å². The zero-order valence-corrected chi connectivity index (χ0v) is 11.1. The van der Waals surface area contributed by atoms with E-state index >= 15 is 0 Å². The van der Waals surface area contributed by atoms with Gasteiger partial charge in [0.1, 0.15) is 5.01 Å². The summed E-state index contributed by atoms with van der Waals surface area (Å²) in [5, 5.41) is 2.54. The highest BCUT2D eigenvalue weighted by molar-refractivity contribution is 7.98. The van der Waals surface area contributed by atoms with Crippen LogP contribution in [0.15, 0.2) is 34.5 Å². The number of nitrogens with zero attached hydrogens (tertiary/aromatic N) is 1. The second-order valence-electron chi connectivity index (χ2n) is 3.26. The summed E-state index contributed by atoms with van der Waals surface area (Å²) >= 11 is 3.14. The van der Waals surface area contributed by atoms with Crippen LogP contribution in [0.1, 0.15) is 10.5 Å². The second kappa shape index (κ2) is 5.33. The molecule has 0 aliphatic heterocycles. The molecule has 1 aromatic carbocycles. The van der Waals surface area contributed by atoms with Gasteiger partial charge in [0.25, 0.3) is 0 Å². The Balaban J connectivity index is 2.27. The zero-order valence-electron chi connectivity index (χ0n) is 9.47. The summed E-state index contributed by atoms with van der Waals surface area (Å²) in [5.41, 5.74) is 1.38. The molecular formula is C12H11NO2S2. The molecule has 0 spiro atoms. The predicted molar refractivity (Wildman–Crippen MR) is 70.7 cm³/mol. The minimum Gasteiger partial charge on any atom is -0.464 e. The van der Waals surface area contributed by atoms with Crippen LogP contribution in [0.3, 0.4) is 0 Å². The van der Waals surface area contributed by atoms with Crippen LogP contribution in [0.4, 0.5) is 0 Å². The molecule has 0 amide bonds. The monoisotopic (exact) mass is 265 g/mol. The van der Waals surface area contributed by atoms with Crippen LogP contribution in [0.5, 0.6) is 0 Å². The van der Waals surface area contributed by atoms with Gasteiger partial charge in [0.05, 0.1) is 7.11 Å². The van der Waals surface area contributed by atoms with Crippen molar-refractivity contribution in [3.05, 3.63) is 35.3 Å². The van der Waals surface area contributed by atoms with Crippen molar-refractivity contribution in [1.82, 2.24) is 4.98 Å². The van der Waals surface area contributed by atoms with Crippen molar-refractivity contribution in [2.75, 3.05) is 13.4 Å². The van der Waals surface area contributed by atoms with Gasteiger partial charge in [0, 0.05) is 15.8 Å². The Bertz CT molecular complexity index is 520. The summed E-state index contributed by atoms with van der Waals surface area (Å²) in [6.07, 6.45) is 2.04. The van der Waals surface area contributed by atoms with Gasteiger partial charge in [-0.3, -0.25) is 0 Å². The fourth-order valence-corrected chi connectivity index (χ4v) is 2.54. The Kier molecular flexibility index (Phi) is 3.81. The summed E-state index contributed by atoms with van der Waals surface area (Å²) in [7, 11) is 1.36. The van der Waals surface area contributed by atoms with Crippen molar-refractivity contribution in [1.29, 1.82) is 0 Å². The van der Waals surface area contributed by atoms with E-state index < -0.39 is 5.97 Å². The van der Waals surface area contributed by atoms with Gasteiger partial charge >= 0.3 is 5.97 Å². The molecule has 0 N–H and O–H groups in total. The van der Waals surface area contributed by atoms with Crippen molar-refractivity contribution in [2.24, 2.45) is 0 Å². The predicted octanol–water partition coefficient (Wildman–Crippen LogP) is 3.32. The number of thiazole rings is 1. The molecule has 1 aromatic heterocycles. The van der Waals surface area contributed by atoms with E-state index in [0.29, 0.717) is 5.69 Å². The number of thioether (sulfide) groups is 1. The molecule has 88 valence electrons. The normalized spacial score (nSPS) is 10.2. The number of aromatic nitrogens is 1. The minimum absolute atomic E-state index is 0.362. The Hall–Kier alpha value is -1.33. The van der Waals surface area contributed by atoms with Gasteiger partial charge in [-0.1, -0.05) is 12.1 Å². The molecule has 0 aliphatic rings. The molecule has 0 radical (unpaired) electrons. The first-order chi connectivity index (χ1) is 8.24. The third kappa shape index (κ3) is 2.68. The Morgan fingerprint density at radius 3 is 2.65 bits per heavy atom. The van der Waals surface area contributed by atoms with E-state index in [2.05, 4.69) is 9.72 Å². The largest absolute Gasteiger partial charge is 0.464 e. The molecule has 2 rings (SSSR count). The summed E-state index contributed by atoms with van der Waals surface area (Å²) < 4.78 is 4.62. The fraction of sp³-hybridized carbons (Fsp3) is 0.167. The molecule has 0 saturated carbocycles. The Morgan fingerprint density at radius 1 is 1.35 bits per heavy atom. The average molecular weight is 265 g/mol. The number of carbonyl (C=O) groups is 1. The molecule has 0 bridgehead atoms. The SMILES string of the molecule is COC(=O)c1csc(-c2ccc(SC)cc2)n1. The Labute approximate surface area is 108 Å². The summed E-state index contributed by atoms with van der Waals surface area (Å²) in [5.74, 6) is -0.395. The number of ether oxygens (including phenoxy) is 1. The Morgan fingerprint density at radius 2 is 2.06 bits per heavy atom. The lowest BCUT2D eigenvalue weighted by Gasteiger charge is -1.98. The lowest BCUT2D eigenvalue weighted by molar-refractivity contribution is 0.0595. The van der Waals surface area contributed by atoms with E-state index in [-0.39, 0.29) is 0 Å². The van der Waals surface area contributed by atoms with Crippen molar-refractivity contribution < 1.29 is 9.53 Å². The van der Waals surface area contributed by atoms with E-state index in [9.17, 15) is 4.79 Å². The summed E-state index contributed by atoms with van der Waals surface area (Å²) in [4.78, 5) is 16.7. The van der Waals surface area contributed by atoms with Gasteiger partial charge in [-0.15, -0.1) is 23.1 Å². The first kappa shape index (κ1) is 12.1. The minimum atomic E-state index is -0.395. The molecule has 2 aromatic rings. The van der Waals surface area contributed by atoms with E-state index in [1.54, 1.807) is 17.1 Å². The number of rotatable bonds is 3. The number of carbonyl (C=O) groups excluding carboxylic acids is 1. The molecule has 0 aliphatic carbocycles. The van der Waals surface area contributed by atoms with E-state index in [1.807, 2.05) is 30.5 Å². The number of esters is 1. The van der Waals surface area contributed by atoms with Gasteiger partial charge in [0.15, 0.2) is 5.69 Å². The van der Waals surface area contributed by atoms with Gasteiger partial charge in [0.2, 0.25) is 0 Å². The van der Waals surface area contributed by atoms with E-state index in [4.69, 9.17) is 0 Å². The molecule has 17 heavy (non-hydrogen) atoms. The number of hydrogen-bond donors (Lipinski definition) is 0. The smallest absolute Gasteiger partial charge is 0.357 e. The van der Waals surface area contributed by atoms with Crippen LogP contribution in [-0.4, -0.2) is 24.3 Å². The van der Waals surface area contributed by atoms with Gasteiger partial charge in [-0.05, 0) is 18.4 Å². The van der Waals surface area contributed by atoms with Crippen molar-refractivity contribution in [3.8, 4) is 10.6 Å². The highest BCUT2D eigenvalue weighted by Gasteiger charge is 2.11. The molecule has 3 nitrogen and oxygen atoms in total. The molecule has 0 saturated heterocycles. The maximum absolute atomic E-state index is 11.3. The number of benzene rings is 1. The first-order valence-corrected chi connectivity index (χ1v) is 7.03.